The smallest absolute Gasteiger partial charge is 0.196 e. The van der Waals surface area contributed by atoms with E-state index in [-0.39, 0.29) is 5.78 Å². The molecule has 0 saturated carbocycles. The second-order valence-electron chi connectivity index (χ2n) is 6.35. The van der Waals surface area contributed by atoms with E-state index in [0.717, 1.165) is 46.3 Å². The molecule has 1 aromatic carbocycles. The van der Waals surface area contributed by atoms with Crippen LogP contribution in [0, 0.1) is 3.57 Å². The highest BCUT2D eigenvalue weighted by molar-refractivity contribution is 14.1. The summed E-state index contributed by atoms with van der Waals surface area (Å²) in [5, 5.41) is 0.660. The van der Waals surface area contributed by atoms with Crippen molar-refractivity contribution in [3.63, 3.8) is 0 Å². The standard InChI is InChI=1S/C19H21IN2OS/c1-12(2)7-9-22-10-8-15-16(11-22)24-19(21)17(15)18(23)13-3-5-14(20)6-4-13/h3-7H,8-11,21H2,1-2H3. The molecule has 0 atom stereocenters. The Morgan fingerprint density at radius 3 is 2.71 bits per heavy atom. The molecule has 2 aromatic rings. The van der Waals surface area contributed by atoms with E-state index in [1.54, 1.807) is 11.3 Å². The number of fused-ring (bicyclic) bond motifs is 1. The fourth-order valence-corrected chi connectivity index (χ4v) is 4.46. The zero-order valence-corrected chi connectivity index (χ0v) is 16.9. The Bertz CT molecular complexity index is 788. The highest BCUT2D eigenvalue weighted by Gasteiger charge is 2.27. The number of benzene rings is 1. The molecule has 1 aliphatic rings. The topological polar surface area (TPSA) is 46.3 Å². The van der Waals surface area contributed by atoms with Crippen LogP contribution in [0.4, 0.5) is 5.00 Å². The normalized spacial score (nSPS) is 14.3. The molecule has 0 radical (unpaired) electrons. The zero-order chi connectivity index (χ0) is 17.3. The lowest BCUT2D eigenvalue weighted by atomic mass is 9.96. The van der Waals surface area contributed by atoms with E-state index in [1.165, 1.54) is 10.5 Å². The molecule has 0 amide bonds. The van der Waals surface area contributed by atoms with Gasteiger partial charge in [-0.1, -0.05) is 11.6 Å². The first-order chi connectivity index (χ1) is 11.5. The van der Waals surface area contributed by atoms with Crippen LogP contribution in [-0.4, -0.2) is 23.8 Å². The summed E-state index contributed by atoms with van der Waals surface area (Å²) in [6.07, 6.45) is 3.14. The van der Waals surface area contributed by atoms with Gasteiger partial charge in [0.2, 0.25) is 0 Å². The molecular formula is C19H21IN2OS. The molecule has 126 valence electrons. The number of nitrogen functional groups attached to an aromatic ring is 1. The minimum absolute atomic E-state index is 0.0548. The third kappa shape index (κ3) is 3.73. The van der Waals surface area contributed by atoms with Crippen molar-refractivity contribution in [1.82, 2.24) is 4.90 Å². The van der Waals surface area contributed by atoms with Crippen LogP contribution >= 0.6 is 33.9 Å². The molecule has 5 heteroatoms. The van der Waals surface area contributed by atoms with Crippen LogP contribution < -0.4 is 5.73 Å². The number of halogens is 1. The van der Waals surface area contributed by atoms with Crippen molar-refractivity contribution in [2.24, 2.45) is 0 Å². The van der Waals surface area contributed by atoms with Crippen molar-refractivity contribution in [2.45, 2.75) is 26.8 Å². The molecule has 3 nitrogen and oxygen atoms in total. The van der Waals surface area contributed by atoms with Crippen molar-refractivity contribution >= 4 is 44.7 Å². The first kappa shape index (κ1) is 17.6. The van der Waals surface area contributed by atoms with Gasteiger partial charge < -0.3 is 5.73 Å². The second-order valence-corrected chi connectivity index (χ2v) is 8.73. The number of anilines is 1. The number of carbonyl (C=O) groups excluding carboxylic acids is 1. The Balaban J connectivity index is 1.86. The predicted octanol–water partition coefficient (Wildman–Crippen LogP) is 4.49. The molecule has 0 unspecified atom stereocenters. The molecule has 0 bridgehead atoms. The lowest BCUT2D eigenvalue weighted by molar-refractivity contribution is 0.103. The minimum atomic E-state index is 0.0548. The van der Waals surface area contributed by atoms with E-state index in [0.29, 0.717) is 5.00 Å². The van der Waals surface area contributed by atoms with Gasteiger partial charge in [-0.2, -0.15) is 0 Å². The fraction of sp³-hybridized carbons (Fsp3) is 0.316. The summed E-state index contributed by atoms with van der Waals surface area (Å²) >= 11 is 3.82. The highest BCUT2D eigenvalue weighted by atomic mass is 127. The maximum Gasteiger partial charge on any atom is 0.196 e. The molecule has 2 heterocycles. The van der Waals surface area contributed by atoms with Crippen molar-refractivity contribution in [2.75, 3.05) is 18.8 Å². The fourth-order valence-electron chi connectivity index (χ4n) is 2.94. The largest absolute Gasteiger partial charge is 0.390 e. The van der Waals surface area contributed by atoms with Crippen molar-refractivity contribution in [3.05, 3.63) is 61.1 Å². The predicted molar refractivity (Wildman–Crippen MR) is 110 cm³/mol. The molecule has 0 fully saturated rings. The first-order valence-corrected chi connectivity index (χ1v) is 9.91. The summed E-state index contributed by atoms with van der Waals surface area (Å²) in [4.78, 5) is 16.6. The van der Waals surface area contributed by atoms with Gasteiger partial charge in [-0.3, -0.25) is 9.69 Å². The molecule has 1 aromatic heterocycles. The van der Waals surface area contributed by atoms with E-state index < -0.39 is 0 Å². The van der Waals surface area contributed by atoms with Crippen LogP contribution in [0.1, 0.15) is 40.2 Å². The maximum atomic E-state index is 12.9. The van der Waals surface area contributed by atoms with Crippen LogP contribution in [0.5, 0.6) is 0 Å². The quantitative estimate of drug-likeness (QED) is 0.423. The van der Waals surface area contributed by atoms with Crippen molar-refractivity contribution < 1.29 is 4.79 Å². The van der Waals surface area contributed by atoms with E-state index in [9.17, 15) is 4.79 Å². The Morgan fingerprint density at radius 1 is 1.33 bits per heavy atom. The van der Waals surface area contributed by atoms with Crippen LogP contribution in [0.3, 0.4) is 0 Å². The molecule has 2 N–H and O–H groups in total. The van der Waals surface area contributed by atoms with Gasteiger partial charge in [0, 0.05) is 33.6 Å². The molecule has 3 rings (SSSR count). The maximum absolute atomic E-state index is 12.9. The number of nitrogens with two attached hydrogens (primary N) is 1. The second kappa shape index (κ2) is 7.37. The van der Waals surface area contributed by atoms with Crippen LogP contribution in [0.15, 0.2) is 35.9 Å². The van der Waals surface area contributed by atoms with Crippen LogP contribution in [0.2, 0.25) is 0 Å². The number of hydrogen-bond acceptors (Lipinski definition) is 4. The monoisotopic (exact) mass is 452 g/mol. The summed E-state index contributed by atoms with van der Waals surface area (Å²) in [6.45, 7) is 7.06. The van der Waals surface area contributed by atoms with E-state index in [1.807, 2.05) is 24.3 Å². The Kier molecular flexibility index (Phi) is 5.42. The summed E-state index contributed by atoms with van der Waals surface area (Å²) in [5.74, 6) is 0.0548. The van der Waals surface area contributed by atoms with Crippen molar-refractivity contribution in [1.29, 1.82) is 0 Å². The van der Waals surface area contributed by atoms with Gasteiger partial charge >= 0.3 is 0 Å². The van der Waals surface area contributed by atoms with Gasteiger partial charge in [-0.05, 0) is 72.7 Å². The Hall–Kier alpha value is -1.18. The van der Waals surface area contributed by atoms with E-state index in [2.05, 4.69) is 47.4 Å². The number of hydrogen-bond donors (Lipinski definition) is 1. The number of carbonyl (C=O) groups is 1. The summed E-state index contributed by atoms with van der Waals surface area (Å²) < 4.78 is 1.12. The van der Waals surface area contributed by atoms with Gasteiger partial charge in [-0.15, -0.1) is 11.3 Å². The molecular weight excluding hydrogens is 431 g/mol. The molecule has 0 saturated heterocycles. The van der Waals surface area contributed by atoms with Gasteiger partial charge in [0.1, 0.15) is 0 Å². The number of allylic oxidation sites excluding steroid dienone is 1. The lowest BCUT2D eigenvalue weighted by Crippen LogP contribution is -2.30. The first-order valence-electron chi connectivity index (χ1n) is 8.01. The van der Waals surface area contributed by atoms with E-state index >= 15 is 0 Å². The summed E-state index contributed by atoms with van der Waals surface area (Å²) in [6, 6.07) is 7.70. The SMILES string of the molecule is CC(C)=CCN1CCc2c(sc(N)c2C(=O)c2ccc(I)cc2)C1. The summed E-state index contributed by atoms with van der Waals surface area (Å²) in [5.41, 5.74) is 10.2. The van der Waals surface area contributed by atoms with Gasteiger partial charge in [0.25, 0.3) is 0 Å². The number of rotatable bonds is 4. The average molecular weight is 452 g/mol. The number of ketones is 1. The minimum Gasteiger partial charge on any atom is -0.390 e. The lowest BCUT2D eigenvalue weighted by Gasteiger charge is -2.26. The van der Waals surface area contributed by atoms with Crippen LogP contribution in [0.25, 0.3) is 0 Å². The third-order valence-corrected chi connectivity index (χ3v) is 6.02. The summed E-state index contributed by atoms with van der Waals surface area (Å²) in [7, 11) is 0. The zero-order valence-electron chi connectivity index (χ0n) is 13.9. The average Bonchev–Trinajstić information content (AvgIpc) is 2.88. The molecule has 24 heavy (non-hydrogen) atoms. The Morgan fingerprint density at radius 2 is 2.04 bits per heavy atom. The highest BCUT2D eigenvalue weighted by Crippen LogP contribution is 2.36. The number of nitrogens with zero attached hydrogens (tertiary/aromatic N) is 1. The number of thiophene rings is 1. The molecule has 1 aliphatic heterocycles. The van der Waals surface area contributed by atoms with Crippen molar-refractivity contribution in [3.8, 4) is 0 Å². The van der Waals surface area contributed by atoms with Crippen LogP contribution in [-0.2, 0) is 13.0 Å². The van der Waals surface area contributed by atoms with E-state index in [4.69, 9.17) is 5.73 Å². The van der Waals surface area contributed by atoms with Gasteiger partial charge in [0.15, 0.2) is 5.78 Å². The molecule has 0 aliphatic carbocycles. The van der Waals surface area contributed by atoms with Gasteiger partial charge in [-0.25, -0.2) is 0 Å². The third-order valence-electron chi connectivity index (χ3n) is 4.25. The Labute approximate surface area is 160 Å². The molecule has 0 spiro atoms. The van der Waals surface area contributed by atoms with Gasteiger partial charge in [0.05, 0.1) is 10.6 Å².